The predicted molar refractivity (Wildman–Crippen MR) is 173 cm³/mol. The van der Waals surface area contributed by atoms with Gasteiger partial charge in [-0.2, -0.15) is 0 Å². The minimum absolute atomic E-state index is 0.0239. The van der Waals surface area contributed by atoms with Gasteiger partial charge < -0.3 is 32.7 Å². The van der Waals surface area contributed by atoms with Crippen molar-refractivity contribution in [3.05, 3.63) is 45.7 Å². The van der Waals surface area contributed by atoms with Crippen LogP contribution in [0, 0.1) is 11.6 Å². The zero-order valence-corrected chi connectivity index (χ0v) is 28.8. The SMILES string of the molecule is COC(=O)CCC(=O)c1cc2c(F)c(OCCCOc3c(OC)cc4sc(C(=O)CCP(=O)(OC)OC)cc4c3F)c(OC)cc2s1. The van der Waals surface area contributed by atoms with E-state index in [0.29, 0.717) is 9.40 Å². The number of thiophene rings is 2. The van der Waals surface area contributed by atoms with Crippen LogP contribution in [0.5, 0.6) is 23.0 Å². The highest BCUT2D eigenvalue weighted by atomic mass is 32.1. The number of hydrogen-bond acceptors (Lipinski definition) is 13. The highest BCUT2D eigenvalue weighted by molar-refractivity contribution is 7.53. The van der Waals surface area contributed by atoms with Gasteiger partial charge in [-0.05, 0) is 12.1 Å². The third-order valence-corrected chi connectivity index (χ3v) is 11.2. The van der Waals surface area contributed by atoms with E-state index in [1.54, 1.807) is 12.1 Å². The number of ether oxygens (including phenoxy) is 5. The van der Waals surface area contributed by atoms with Crippen molar-refractivity contribution in [2.45, 2.75) is 25.7 Å². The maximum absolute atomic E-state index is 15.6. The van der Waals surface area contributed by atoms with Gasteiger partial charge in [0, 0.05) is 65.8 Å². The van der Waals surface area contributed by atoms with Gasteiger partial charge in [0.25, 0.3) is 0 Å². The van der Waals surface area contributed by atoms with E-state index in [4.69, 9.17) is 28.0 Å². The van der Waals surface area contributed by atoms with E-state index in [9.17, 15) is 18.9 Å². The maximum atomic E-state index is 15.6. The van der Waals surface area contributed by atoms with Crippen LogP contribution in [0.25, 0.3) is 20.2 Å². The third kappa shape index (κ3) is 8.28. The van der Waals surface area contributed by atoms with Crippen molar-refractivity contribution in [3.8, 4) is 23.0 Å². The summed E-state index contributed by atoms with van der Waals surface area (Å²) in [6.07, 6.45) is -0.173. The molecule has 0 atom stereocenters. The van der Waals surface area contributed by atoms with E-state index in [2.05, 4.69) is 4.74 Å². The lowest BCUT2D eigenvalue weighted by atomic mass is 10.1. The van der Waals surface area contributed by atoms with Gasteiger partial charge in [0.1, 0.15) is 0 Å². The summed E-state index contributed by atoms with van der Waals surface area (Å²) in [6, 6.07) is 5.95. The molecule has 0 N–H and O–H groups in total. The van der Waals surface area contributed by atoms with Gasteiger partial charge in [-0.25, -0.2) is 8.78 Å². The molecule has 0 fully saturated rings. The van der Waals surface area contributed by atoms with E-state index in [1.165, 1.54) is 47.7 Å². The Morgan fingerprint density at radius 2 is 1.17 bits per heavy atom. The summed E-state index contributed by atoms with van der Waals surface area (Å²) in [4.78, 5) is 37.2. The van der Waals surface area contributed by atoms with E-state index < -0.39 is 25.2 Å². The fourth-order valence-corrected chi connectivity index (χ4v) is 7.61. The summed E-state index contributed by atoms with van der Waals surface area (Å²) in [7, 11) is 3.05. The number of methoxy groups -OCH3 is 3. The molecule has 4 rings (SSSR count). The van der Waals surface area contributed by atoms with Crippen molar-refractivity contribution in [3.63, 3.8) is 0 Å². The summed E-state index contributed by atoms with van der Waals surface area (Å²) in [6.45, 7) is -0.0502. The van der Waals surface area contributed by atoms with Gasteiger partial charge in [-0.1, -0.05) is 0 Å². The van der Waals surface area contributed by atoms with Crippen molar-refractivity contribution in [2.75, 3.05) is 54.9 Å². The zero-order chi connectivity index (χ0) is 34.3. The Morgan fingerprint density at radius 1 is 0.702 bits per heavy atom. The van der Waals surface area contributed by atoms with Crippen LogP contribution in [-0.2, 0) is 23.1 Å². The quantitative estimate of drug-likeness (QED) is 0.0440. The average molecular weight is 715 g/mol. The summed E-state index contributed by atoms with van der Waals surface area (Å²) in [5.41, 5.74) is 0. The molecule has 2 aromatic carbocycles. The molecular formula is C31H33F2O11PS2. The lowest BCUT2D eigenvalue weighted by molar-refractivity contribution is -0.140. The third-order valence-electron chi connectivity index (χ3n) is 7.09. The topological polar surface area (TPSA) is 133 Å². The average Bonchev–Trinajstić information content (AvgIpc) is 3.72. The fourth-order valence-electron chi connectivity index (χ4n) is 4.51. The minimum atomic E-state index is -3.38. The predicted octanol–water partition coefficient (Wildman–Crippen LogP) is 7.45. The number of fused-ring (bicyclic) bond motifs is 2. The van der Waals surface area contributed by atoms with Gasteiger partial charge in [0.15, 0.2) is 46.2 Å². The molecule has 0 radical (unpaired) electrons. The van der Waals surface area contributed by atoms with Crippen LogP contribution in [0.1, 0.15) is 45.0 Å². The maximum Gasteiger partial charge on any atom is 0.330 e. The van der Waals surface area contributed by atoms with Crippen molar-refractivity contribution >= 4 is 68.0 Å². The highest BCUT2D eigenvalue weighted by Crippen LogP contribution is 2.47. The first kappa shape index (κ1) is 36.2. The van der Waals surface area contributed by atoms with Crippen molar-refractivity contribution in [2.24, 2.45) is 0 Å². The summed E-state index contributed by atoms with van der Waals surface area (Å²) >= 11 is 2.14. The molecule has 0 aliphatic heterocycles. The second-order valence-corrected chi connectivity index (χ2v) is 14.5. The molecule has 0 bridgehead atoms. The molecule has 254 valence electrons. The monoisotopic (exact) mass is 714 g/mol. The van der Waals surface area contributed by atoms with Crippen molar-refractivity contribution < 1.29 is 60.5 Å². The Balaban J connectivity index is 1.42. The first-order valence-corrected chi connectivity index (χ1v) is 17.5. The van der Waals surface area contributed by atoms with Gasteiger partial charge in [-0.3, -0.25) is 18.9 Å². The summed E-state index contributed by atoms with van der Waals surface area (Å²) in [5.74, 6) is -2.68. The number of esters is 1. The van der Waals surface area contributed by atoms with E-state index >= 15 is 8.78 Å². The van der Waals surface area contributed by atoms with Crippen LogP contribution in [0.4, 0.5) is 8.78 Å². The number of benzene rings is 2. The normalized spacial score (nSPS) is 11.6. The molecule has 2 aromatic heterocycles. The Morgan fingerprint density at radius 3 is 1.60 bits per heavy atom. The Hall–Kier alpha value is -3.62. The standard InChI is InChI=1S/C31H33F2O11PS2/c1-38-21-15-23-17(13-25(46-23)19(34)7-8-27(36)40-3)28(32)30(21)43-10-6-11-44-31-22(39-2)16-24-18(29(31)33)14-26(47-24)20(35)9-12-45(37,41-4)42-5/h13-16H,6-12H2,1-5H3. The lowest BCUT2D eigenvalue weighted by Gasteiger charge is -2.14. The molecule has 0 aliphatic rings. The molecule has 0 unspecified atom stereocenters. The van der Waals surface area contributed by atoms with E-state index in [-0.39, 0.29) is 100 Å². The van der Waals surface area contributed by atoms with Gasteiger partial charge in [0.2, 0.25) is 0 Å². The number of rotatable bonds is 18. The number of Topliss-reactive ketones (excluding diaryl/α,β-unsaturated/α-hetero) is 2. The largest absolute Gasteiger partial charge is 0.493 e. The number of carbonyl (C=O) groups excluding carboxylic acids is 3. The second kappa shape index (κ2) is 16.0. The molecule has 0 amide bonds. The zero-order valence-electron chi connectivity index (χ0n) is 26.3. The van der Waals surface area contributed by atoms with Crippen LogP contribution < -0.4 is 18.9 Å². The van der Waals surface area contributed by atoms with E-state index in [0.717, 1.165) is 22.7 Å². The van der Waals surface area contributed by atoms with Gasteiger partial charge in [-0.15, -0.1) is 22.7 Å². The van der Waals surface area contributed by atoms with Gasteiger partial charge >= 0.3 is 13.6 Å². The smallest absolute Gasteiger partial charge is 0.330 e. The number of halogens is 2. The summed E-state index contributed by atoms with van der Waals surface area (Å²) in [5, 5.41) is 0.328. The van der Waals surface area contributed by atoms with Crippen LogP contribution in [0.15, 0.2) is 24.3 Å². The summed E-state index contributed by atoms with van der Waals surface area (Å²) < 4.78 is 80.7. The van der Waals surface area contributed by atoms with E-state index in [1.807, 2.05) is 0 Å². The molecule has 16 heteroatoms. The molecule has 11 nitrogen and oxygen atoms in total. The van der Waals surface area contributed by atoms with Crippen LogP contribution >= 0.6 is 30.3 Å². The number of hydrogen-bond donors (Lipinski definition) is 0. The number of carbonyl (C=O) groups is 3. The molecule has 0 saturated carbocycles. The molecule has 0 spiro atoms. The van der Waals surface area contributed by atoms with Crippen LogP contribution in [-0.4, -0.2) is 72.5 Å². The molecule has 47 heavy (non-hydrogen) atoms. The van der Waals surface area contributed by atoms with Crippen LogP contribution in [0.3, 0.4) is 0 Å². The number of ketones is 2. The lowest BCUT2D eigenvalue weighted by Crippen LogP contribution is -2.08. The highest BCUT2D eigenvalue weighted by Gasteiger charge is 2.25. The minimum Gasteiger partial charge on any atom is -0.493 e. The molecular weight excluding hydrogens is 681 g/mol. The van der Waals surface area contributed by atoms with Crippen LogP contribution in [0.2, 0.25) is 0 Å². The Kier molecular flexibility index (Phi) is 12.3. The van der Waals surface area contributed by atoms with Crippen molar-refractivity contribution in [1.29, 1.82) is 0 Å². The Labute approximate surface area is 277 Å². The molecule has 0 aliphatic carbocycles. The first-order valence-electron chi connectivity index (χ1n) is 14.2. The Bertz CT molecular complexity index is 1830. The van der Waals surface area contributed by atoms with Gasteiger partial charge in [0.05, 0.1) is 56.9 Å². The second-order valence-electron chi connectivity index (χ2n) is 9.91. The molecule has 2 heterocycles. The van der Waals surface area contributed by atoms with Crippen molar-refractivity contribution in [1.82, 2.24) is 0 Å². The molecule has 0 saturated heterocycles. The first-order chi connectivity index (χ1) is 22.5. The fraction of sp³-hybridized carbons (Fsp3) is 0.387. The molecule has 4 aromatic rings.